The maximum absolute atomic E-state index is 11.3. The quantitative estimate of drug-likeness (QED) is 0.724. The van der Waals surface area contributed by atoms with Gasteiger partial charge >= 0.3 is 6.09 Å². The minimum Gasteiger partial charge on any atom is -0.444 e. The van der Waals surface area contributed by atoms with Crippen LogP contribution in [0.2, 0.25) is 0 Å². The molecule has 0 unspecified atom stereocenters. The Kier molecular flexibility index (Phi) is 3.57. The Balaban J connectivity index is 2.59. The Morgan fingerprint density at radius 2 is 2.13 bits per heavy atom. The number of carbonyl (C=O) groups is 1. The van der Waals surface area contributed by atoms with E-state index in [9.17, 15) is 4.79 Å². The number of anilines is 1. The van der Waals surface area contributed by atoms with Crippen molar-refractivity contribution in [3.05, 3.63) is 18.2 Å². The summed E-state index contributed by atoms with van der Waals surface area (Å²) in [5.74, 6) is 0.428. The molecular weight excluding hydrogens is 212 g/mol. The van der Waals surface area contributed by atoms with Crippen LogP contribution < -0.4 is 5.32 Å². The van der Waals surface area contributed by atoms with Crippen LogP contribution in [0, 0.1) is 0 Å². The zero-order valence-corrected chi connectivity index (χ0v) is 9.84. The SMILES string of the molecule is CC(C)(C)OC(=O)Nc1cccc(S)n1. The largest absolute Gasteiger partial charge is 0.444 e. The maximum Gasteiger partial charge on any atom is 0.413 e. The number of rotatable bonds is 1. The Morgan fingerprint density at radius 1 is 1.47 bits per heavy atom. The third kappa shape index (κ3) is 4.69. The molecule has 15 heavy (non-hydrogen) atoms. The van der Waals surface area contributed by atoms with Crippen LogP contribution in [-0.2, 0) is 4.74 Å². The molecule has 4 nitrogen and oxygen atoms in total. The second-order valence-electron chi connectivity index (χ2n) is 4.01. The van der Waals surface area contributed by atoms with Crippen LogP contribution in [0.4, 0.5) is 10.6 Å². The van der Waals surface area contributed by atoms with Gasteiger partial charge in [0.25, 0.3) is 0 Å². The smallest absolute Gasteiger partial charge is 0.413 e. The molecule has 0 aliphatic carbocycles. The summed E-state index contributed by atoms with van der Waals surface area (Å²) in [6.07, 6.45) is -0.520. The number of carbonyl (C=O) groups excluding carboxylic acids is 1. The zero-order chi connectivity index (χ0) is 11.5. The van der Waals surface area contributed by atoms with Gasteiger partial charge in [-0.05, 0) is 32.9 Å². The molecular formula is C10H14N2O2S. The molecule has 0 saturated carbocycles. The first-order chi connectivity index (χ1) is 6.87. The van der Waals surface area contributed by atoms with Gasteiger partial charge in [-0.1, -0.05) is 6.07 Å². The van der Waals surface area contributed by atoms with Gasteiger partial charge in [0.1, 0.15) is 11.4 Å². The number of hydrogen-bond donors (Lipinski definition) is 2. The number of thiol groups is 1. The number of ether oxygens (including phenoxy) is 1. The van der Waals surface area contributed by atoms with Gasteiger partial charge in [-0.3, -0.25) is 5.32 Å². The lowest BCUT2D eigenvalue weighted by Crippen LogP contribution is -2.27. The van der Waals surface area contributed by atoms with Crippen LogP contribution in [0.5, 0.6) is 0 Å². The Bertz CT molecular complexity index is 361. The average Bonchev–Trinajstić information content (AvgIpc) is 1.99. The van der Waals surface area contributed by atoms with Crippen molar-refractivity contribution in [3.8, 4) is 0 Å². The van der Waals surface area contributed by atoms with Crippen molar-refractivity contribution >= 4 is 24.5 Å². The number of nitrogens with one attached hydrogen (secondary N) is 1. The zero-order valence-electron chi connectivity index (χ0n) is 8.94. The van der Waals surface area contributed by atoms with Crippen LogP contribution in [0.1, 0.15) is 20.8 Å². The Morgan fingerprint density at radius 3 is 2.67 bits per heavy atom. The standard InChI is InChI=1S/C10H14N2O2S/c1-10(2,3)14-9(13)12-7-5-4-6-8(15)11-7/h4-6H,1-3H3,(H2,11,12,13,15). The average molecular weight is 226 g/mol. The van der Waals surface area contributed by atoms with E-state index in [1.165, 1.54) is 0 Å². The summed E-state index contributed by atoms with van der Waals surface area (Å²) in [6.45, 7) is 5.40. The summed E-state index contributed by atoms with van der Waals surface area (Å²) in [5, 5.41) is 3.06. The van der Waals surface area contributed by atoms with Crippen molar-refractivity contribution in [2.24, 2.45) is 0 Å². The number of pyridine rings is 1. The number of amides is 1. The van der Waals surface area contributed by atoms with E-state index in [4.69, 9.17) is 4.74 Å². The van der Waals surface area contributed by atoms with Gasteiger partial charge in [-0.2, -0.15) is 0 Å². The van der Waals surface area contributed by atoms with E-state index in [1.807, 2.05) is 0 Å². The van der Waals surface area contributed by atoms with E-state index >= 15 is 0 Å². The molecule has 0 radical (unpaired) electrons. The van der Waals surface area contributed by atoms with Gasteiger partial charge in [0.05, 0.1) is 5.03 Å². The number of hydrogen-bond acceptors (Lipinski definition) is 4. The summed E-state index contributed by atoms with van der Waals surface area (Å²) in [6, 6.07) is 5.15. The molecule has 0 atom stereocenters. The fraction of sp³-hybridized carbons (Fsp3) is 0.400. The molecule has 0 spiro atoms. The molecule has 0 aromatic carbocycles. The van der Waals surface area contributed by atoms with Gasteiger partial charge in [0, 0.05) is 0 Å². The molecule has 82 valence electrons. The fourth-order valence-electron chi connectivity index (χ4n) is 0.901. The molecule has 1 aromatic heterocycles. The number of nitrogens with zero attached hydrogens (tertiary/aromatic N) is 1. The molecule has 5 heteroatoms. The third-order valence-electron chi connectivity index (χ3n) is 1.36. The molecule has 0 fully saturated rings. The molecule has 1 amide bonds. The van der Waals surface area contributed by atoms with Crippen LogP contribution >= 0.6 is 12.6 Å². The summed E-state index contributed by atoms with van der Waals surface area (Å²) >= 11 is 4.06. The van der Waals surface area contributed by atoms with Crippen LogP contribution in [-0.4, -0.2) is 16.7 Å². The molecule has 1 aromatic rings. The molecule has 1 heterocycles. The van der Waals surface area contributed by atoms with E-state index in [1.54, 1.807) is 39.0 Å². The highest BCUT2D eigenvalue weighted by molar-refractivity contribution is 7.80. The monoisotopic (exact) mass is 226 g/mol. The second kappa shape index (κ2) is 4.53. The highest BCUT2D eigenvalue weighted by Gasteiger charge is 2.16. The van der Waals surface area contributed by atoms with Gasteiger partial charge in [-0.15, -0.1) is 12.6 Å². The van der Waals surface area contributed by atoms with Gasteiger partial charge in [0.15, 0.2) is 0 Å². The third-order valence-corrected chi connectivity index (χ3v) is 1.61. The molecule has 1 rings (SSSR count). The second-order valence-corrected chi connectivity index (χ2v) is 4.47. The van der Waals surface area contributed by atoms with E-state index in [0.717, 1.165) is 0 Å². The predicted molar refractivity (Wildman–Crippen MR) is 61.3 cm³/mol. The topological polar surface area (TPSA) is 51.2 Å². The summed E-state index contributed by atoms with van der Waals surface area (Å²) in [7, 11) is 0. The van der Waals surface area contributed by atoms with Crippen LogP contribution in [0.15, 0.2) is 23.2 Å². The minimum atomic E-state index is -0.520. The lowest BCUT2D eigenvalue weighted by atomic mass is 10.2. The first kappa shape index (κ1) is 11.8. The Hall–Kier alpha value is -1.23. The van der Waals surface area contributed by atoms with E-state index in [-0.39, 0.29) is 0 Å². The molecule has 0 saturated heterocycles. The van der Waals surface area contributed by atoms with E-state index < -0.39 is 11.7 Å². The van der Waals surface area contributed by atoms with E-state index in [2.05, 4.69) is 22.9 Å². The van der Waals surface area contributed by atoms with Crippen molar-refractivity contribution in [2.45, 2.75) is 31.4 Å². The van der Waals surface area contributed by atoms with Crippen LogP contribution in [0.3, 0.4) is 0 Å². The first-order valence-electron chi connectivity index (χ1n) is 4.53. The molecule has 0 aliphatic heterocycles. The minimum absolute atomic E-state index is 0.428. The molecule has 0 bridgehead atoms. The summed E-state index contributed by atoms with van der Waals surface area (Å²) in [5.41, 5.74) is -0.511. The van der Waals surface area contributed by atoms with Gasteiger partial charge in [-0.25, -0.2) is 9.78 Å². The lowest BCUT2D eigenvalue weighted by molar-refractivity contribution is 0.0635. The summed E-state index contributed by atoms with van der Waals surface area (Å²) < 4.78 is 5.07. The molecule has 0 aliphatic rings. The highest BCUT2D eigenvalue weighted by atomic mass is 32.1. The van der Waals surface area contributed by atoms with Crippen molar-refractivity contribution in [2.75, 3.05) is 5.32 Å². The van der Waals surface area contributed by atoms with Crippen molar-refractivity contribution < 1.29 is 9.53 Å². The van der Waals surface area contributed by atoms with Crippen molar-refractivity contribution in [1.29, 1.82) is 0 Å². The Labute approximate surface area is 94.5 Å². The molecule has 1 N–H and O–H groups in total. The van der Waals surface area contributed by atoms with Gasteiger partial charge < -0.3 is 4.74 Å². The van der Waals surface area contributed by atoms with Crippen LogP contribution in [0.25, 0.3) is 0 Å². The van der Waals surface area contributed by atoms with Crippen molar-refractivity contribution in [1.82, 2.24) is 4.98 Å². The van der Waals surface area contributed by atoms with Crippen molar-refractivity contribution in [3.63, 3.8) is 0 Å². The predicted octanol–water partition coefficient (Wildman–Crippen LogP) is 2.72. The van der Waals surface area contributed by atoms with Gasteiger partial charge in [0.2, 0.25) is 0 Å². The number of aromatic nitrogens is 1. The summed E-state index contributed by atoms with van der Waals surface area (Å²) in [4.78, 5) is 15.3. The lowest BCUT2D eigenvalue weighted by Gasteiger charge is -2.19. The normalized spacial score (nSPS) is 10.9. The first-order valence-corrected chi connectivity index (χ1v) is 4.97. The maximum atomic E-state index is 11.3. The van der Waals surface area contributed by atoms with E-state index in [0.29, 0.717) is 10.8 Å². The fourth-order valence-corrected chi connectivity index (χ4v) is 1.09. The highest BCUT2D eigenvalue weighted by Crippen LogP contribution is 2.11.